The Labute approximate surface area is 146 Å². The van der Waals surface area contributed by atoms with Crippen LogP contribution in [0, 0.1) is 0 Å². The predicted molar refractivity (Wildman–Crippen MR) is 90.6 cm³/mol. The molecule has 2 heterocycles. The Hall–Kier alpha value is -2.41. The number of methoxy groups -OCH3 is 1. The second-order valence-corrected chi connectivity index (χ2v) is 6.40. The molecule has 1 atom stereocenters. The van der Waals surface area contributed by atoms with Crippen LogP contribution in [0.4, 0.5) is 0 Å². The van der Waals surface area contributed by atoms with Gasteiger partial charge < -0.3 is 15.0 Å². The van der Waals surface area contributed by atoms with Gasteiger partial charge in [0.2, 0.25) is 11.8 Å². The molecule has 0 saturated carbocycles. The summed E-state index contributed by atoms with van der Waals surface area (Å²) >= 11 is 0. The molecular weight excluding hydrogens is 322 g/mol. The monoisotopic (exact) mass is 345 g/mol. The zero-order valence-corrected chi connectivity index (χ0v) is 14.4. The van der Waals surface area contributed by atoms with Crippen molar-refractivity contribution in [3.05, 3.63) is 35.4 Å². The molecule has 1 saturated heterocycles. The maximum Gasteiger partial charge on any atom is 0.308 e. The summed E-state index contributed by atoms with van der Waals surface area (Å²) in [6.07, 6.45) is 0.798. The molecule has 3 rings (SSSR count). The van der Waals surface area contributed by atoms with E-state index < -0.39 is 12.0 Å². The van der Waals surface area contributed by atoms with E-state index in [1.165, 1.54) is 23.1 Å². The Morgan fingerprint density at radius 2 is 2.00 bits per heavy atom. The molecule has 25 heavy (non-hydrogen) atoms. The molecule has 0 aromatic heterocycles. The first kappa shape index (κ1) is 17.4. The molecule has 1 aromatic carbocycles. The highest BCUT2D eigenvalue weighted by atomic mass is 16.5. The van der Waals surface area contributed by atoms with Gasteiger partial charge in [0.1, 0.15) is 6.04 Å². The van der Waals surface area contributed by atoms with Crippen LogP contribution in [0.2, 0.25) is 0 Å². The molecule has 0 unspecified atom stereocenters. The van der Waals surface area contributed by atoms with Crippen molar-refractivity contribution >= 4 is 17.8 Å². The highest BCUT2D eigenvalue weighted by Crippen LogP contribution is 2.19. The van der Waals surface area contributed by atoms with Crippen molar-refractivity contribution in [2.45, 2.75) is 25.4 Å². The second-order valence-electron chi connectivity index (χ2n) is 6.40. The number of benzene rings is 1. The van der Waals surface area contributed by atoms with Gasteiger partial charge in [0.05, 0.1) is 20.1 Å². The van der Waals surface area contributed by atoms with Crippen LogP contribution in [0.15, 0.2) is 24.3 Å². The smallest absolute Gasteiger partial charge is 0.308 e. The number of esters is 1. The van der Waals surface area contributed by atoms with Gasteiger partial charge in [-0.25, -0.2) is 0 Å². The quantitative estimate of drug-likeness (QED) is 0.773. The minimum absolute atomic E-state index is 0.114. The maximum atomic E-state index is 12.8. The van der Waals surface area contributed by atoms with E-state index in [1.807, 2.05) is 12.1 Å². The number of carbonyl (C=O) groups excluding carboxylic acids is 3. The zero-order chi connectivity index (χ0) is 17.8. The van der Waals surface area contributed by atoms with Gasteiger partial charge in [0.15, 0.2) is 0 Å². The van der Waals surface area contributed by atoms with Crippen molar-refractivity contribution in [1.82, 2.24) is 15.1 Å². The van der Waals surface area contributed by atoms with Crippen LogP contribution in [-0.2, 0) is 32.1 Å². The number of piperazine rings is 1. The lowest BCUT2D eigenvalue weighted by molar-refractivity contribution is -0.150. The maximum absolute atomic E-state index is 12.8. The van der Waals surface area contributed by atoms with E-state index in [0.717, 1.165) is 19.5 Å². The summed E-state index contributed by atoms with van der Waals surface area (Å²) in [7, 11) is 1.28. The van der Waals surface area contributed by atoms with Crippen LogP contribution in [0.5, 0.6) is 0 Å². The van der Waals surface area contributed by atoms with E-state index in [1.54, 1.807) is 0 Å². The third kappa shape index (κ3) is 3.99. The summed E-state index contributed by atoms with van der Waals surface area (Å²) in [5, 5.41) is 2.71. The molecular formula is C18H23N3O4. The number of ether oxygens (including phenoxy) is 1. The normalized spacial score (nSPS) is 20.6. The first-order chi connectivity index (χ1) is 12.1. The molecule has 0 aliphatic carbocycles. The molecule has 1 N–H and O–H groups in total. The van der Waals surface area contributed by atoms with Gasteiger partial charge in [-0.15, -0.1) is 0 Å². The Bertz CT molecular complexity index is 676. The number of hydrogen-bond donors (Lipinski definition) is 1. The molecule has 7 nitrogen and oxygen atoms in total. The number of rotatable bonds is 4. The highest BCUT2D eigenvalue weighted by molar-refractivity contribution is 5.92. The summed E-state index contributed by atoms with van der Waals surface area (Å²) in [6.45, 7) is 2.61. The molecule has 7 heteroatoms. The zero-order valence-electron chi connectivity index (χ0n) is 14.4. The van der Waals surface area contributed by atoms with E-state index in [2.05, 4.69) is 27.1 Å². The van der Waals surface area contributed by atoms with E-state index >= 15 is 0 Å². The predicted octanol–water partition coefficient (Wildman–Crippen LogP) is -0.0652. The fraction of sp³-hybridized carbons (Fsp3) is 0.500. The summed E-state index contributed by atoms with van der Waals surface area (Å²) < 4.78 is 4.65. The fourth-order valence-electron chi connectivity index (χ4n) is 3.43. The van der Waals surface area contributed by atoms with Crippen LogP contribution < -0.4 is 5.32 Å². The second kappa shape index (κ2) is 7.65. The van der Waals surface area contributed by atoms with Crippen molar-refractivity contribution < 1.29 is 19.1 Å². The molecule has 1 aromatic rings. The molecule has 134 valence electrons. The van der Waals surface area contributed by atoms with Crippen LogP contribution in [0.25, 0.3) is 0 Å². The van der Waals surface area contributed by atoms with E-state index in [4.69, 9.17) is 0 Å². The van der Waals surface area contributed by atoms with E-state index in [0.29, 0.717) is 13.1 Å². The lowest BCUT2D eigenvalue weighted by Gasteiger charge is -2.36. The Morgan fingerprint density at radius 3 is 2.76 bits per heavy atom. The fourth-order valence-corrected chi connectivity index (χ4v) is 3.43. The molecule has 0 spiro atoms. The number of amides is 2. The van der Waals surface area contributed by atoms with E-state index in [-0.39, 0.29) is 24.8 Å². The van der Waals surface area contributed by atoms with Crippen molar-refractivity contribution in [2.75, 3.05) is 33.3 Å². The van der Waals surface area contributed by atoms with Gasteiger partial charge in [-0.1, -0.05) is 24.3 Å². The SMILES string of the molecule is COC(=O)C[C@H]1C(=O)NCCN1C(=O)CN1CCc2ccccc2C1. The van der Waals surface area contributed by atoms with Crippen LogP contribution in [-0.4, -0.2) is 66.9 Å². The minimum Gasteiger partial charge on any atom is -0.469 e. The lowest BCUT2D eigenvalue weighted by Crippen LogP contribution is -2.59. The third-order valence-corrected chi connectivity index (χ3v) is 4.81. The van der Waals surface area contributed by atoms with Crippen LogP contribution in [0.3, 0.4) is 0 Å². The van der Waals surface area contributed by atoms with Gasteiger partial charge in [-0.3, -0.25) is 19.3 Å². The van der Waals surface area contributed by atoms with Crippen molar-refractivity contribution in [1.29, 1.82) is 0 Å². The largest absolute Gasteiger partial charge is 0.469 e. The van der Waals surface area contributed by atoms with Crippen LogP contribution >= 0.6 is 0 Å². The first-order valence-corrected chi connectivity index (χ1v) is 8.51. The summed E-state index contributed by atoms with van der Waals surface area (Å²) in [5.74, 6) is -0.913. The molecule has 2 amide bonds. The van der Waals surface area contributed by atoms with Crippen molar-refractivity contribution in [2.24, 2.45) is 0 Å². The number of hydrogen-bond acceptors (Lipinski definition) is 5. The number of nitrogens with zero attached hydrogens (tertiary/aromatic N) is 2. The van der Waals surface area contributed by atoms with E-state index in [9.17, 15) is 14.4 Å². The summed E-state index contributed by atoms with van der Waals surface area (Å²) in [5.41, 5.74) is 2.57. The number of nitrogens with one attached hydrogen (secondary N) is 1. The Morgan fingerprint density at radius 1 is 1.24 bits per heavy atom. The molecule has 0 bridgehead atoms. The third-order valence-electron chi connectivity index (χ3n) is 4.81. The van der Waals surface area contributed by atoms with Gasteiger partial charge in [0.25, 0.3) is 0 Å². The minimum atomic E-state index is -0.786. The topological polar surface area (TPSA) is 79.0 Å². The molecule has 0 radical (unpaired) electrons. The van der Waals surface area contributed by atoms with Gasteiger partial charge >= 0.3 is 5.97 Å². The number of fused-ring (bicyclic) bond motifs is 1. The Kier molecular flexibility index (Phi) is 5.33. The van der Waals surface area contributed by atoms with Gasteiger partial charge in [-0.2, -0.15) is 0 Å². The van der Waals surface area contributed by atoms with Gasteiger partial charge in [0, 0.05) is 26.2 Å². The van der Waals surface area contributed by atoms with Crippen molar-refractivity contribution in [3.8, 4) is 0 Å². The molecule has 1 fully saturated rings. The van der Waals surface area contributed by atoms with Crippen molar-refractivity contribution in [3.63, 3.8) is 0 Å². The average Bonchev–Trinajstić information content (AvgIpc) is 2.63. The van der Waals surface area contributed by atoms with Gasteiger partial charge in [-0.05, 0) is 17.5 Å². The molecule has 2 aliphatic rings. The molecule has 2 aliphatic heterocycles. The van der Waals surface area contributed by atoms with Crippen LogP contribution in [0.1, 0.15) is 17.5 Å². The summed E-state index contributed by atoms with van der Waals surface area (Å²) in [4.78, 5) is 40.0. The lowest BCUT2D eigenvalue weighted by atomic mass is 10.00. The average molecular weight is 345 g/mol. The highest BCUT2D eigenvalue weighted by Gasteiger charge is 2.35. The standard InChI is InChI=1S/C18H23N3O4/c1-25-17(23)10-15-18(24)19-7-9-21(15)16(22)12-20-8-6-13-4-2-3-5-14(13)11-20/h2-5,15H,6-12H2,1H3,(H,19,24)/t15-/m0/s1. The first-order valence-electron chi connectivity index (χ1n) is 8.51. The summed E-state index contributed by atoms with van der Waals surface area (Å²) in [6, 6.07) is 7.45. The Balaban J connectivity index is 1.65. The number of carbonyl (C=O) groups is 3.